The molecule has 0 atom stereocenters. The fourth-order valence-electron chi connectivity index (χ4n) is 5.73. The van der Waals surface area contributed by atoms with Crippen molar-refractivity contribution in [3.05, 3.63) is 170 Å². The Morgan fingerprint density at radius 3 is 2.09 bits per heavy atom. The number of aromatic nitrogens is 3. The van der Waals surface area contributed by atoms with Crippen molar-refractivity contribution >= 4 is 45.0 Å². The van der Waals surface area contributed by atoms with Crippen LogP contribution in [0.2, 0.25) is 0 Å². The maximum absolute atomic E-state index is 8.46. The summed E-state index contributed by atoms with van der Waals surface area (Å²) in [5.74, 6) is 0.582. The third-order valence-electron chi connectivity index (χ3n) is 7.89. The van der Waals surface area contributed by atoms with Gasteiger partial charge in [-0.15, -0.1) is 0 Å². The highest BCUT2D eigenvalue weighted by atomic mass is 15.0. The van der Waals surface area contributed by atoms with Crippen LogP contribution in [-0.4, -0.2) is 20.7 Å². The molecule has 2 N–H and O–H groups in total. The van der Waals surface area contributed by atoms with Gasteiger partial charge in [0.15, 0.2) is 5.82 Å². The highest BCUT2D eigenvalue weighted by Crippen LogP contribution is 2.36. The molecule has 5 aromatic carbocycles. The Kier molecular flexibility index (Phi) is 7.52. The standard InChI is InChI=1S/C41H29N5/c1-3-13-28(4-2)41-44-37(29-14-7-5-8-15-29)26-38(45-41)30-20-22-32(23-21-30)46-39-19-12-11-18-33(39)34-24-25-36(35(27-42)40(34)46)43-31-16-9-6-10-17-31/h3-23,26-27,42-43H,1-2H2/b28-13+,42-27?. The Morgan fingerprint density at radius 1 is 0.761 bits per heavy atom. The third kappa shape index (κ3) is 5.15. The SMILES string of the molecule is C=C/C=C(\C=C)c1nc(-c2ccccc2)cc(-c2ccc(-n3c4ccccc4c4c#cc(Nc5ccccc5)c(C=N)c43)cc2)n1. The average Bonchev–Trinajstić information content (AvgIpc) is 3.45. The summed E-state index contributed by atoms with van der Waals surface area (Å²) in [4.78, 5) is 9.80. The van der Waals surface area contributed by atoms with Crippen LogP contribution in [0.1, 0.15) is 11.4 Å². The zero-order valence-corrected chi connectivity index (χ0v) is 25.0. The number of hydrogen-bond donors (Lipinski definition) is 2. The summed E-state index contributed by atoms with van der Waals surface area (Å²) in [6, 6.07) is 45.3. The van der Waals surface area contributed by atoms with E-state index in [9.17, 15) is 0 Å². The van der Waals surface area contributed by atoms with Gasteiger partial charge < -0.3 is 15.3 Å². The van der Waals surface area contributed by atoms with E-state index in [0.29, 0.717) is 11.5 Å². The van der Waals surface area contributed by atoms with E-state index in [1.54, 1.807) is 12.2 Å². The number of anilines is 2. The van der Waals surface area contributed by atoms with Gasteiger partial charge in [0.1, 0.15) is 5.69 Å². The first-order valence-corrected chi connectivity index (χ1v) is 14.9. The molecule has 0 fully saturated rings. The zero-order chi connectivity index (χ0) is 31.5. The van der Waals surface area contributed by atoms with E-state index >= 15 is 0 Å². The molecule has 0 aliphatic carbocycles. The van der Waals surface area contributed by atoms with Crippen molar-refractivity contribution in [2.24, 2.45) is 0 Å². The molecule has 7 aromatic rings. The number of para-hydroxylation sites is 2. The van der Waals surface area contributed by atoms with Crippen LogP contribution in [0, 0.1) is 17.5 Å². The maximum atomic E-state index is 8.46. The normalized spacial score (nSPS) is 11.3. The largest absolute Gasteiger partial charge is 0.348 e. The lowest BCUT2D eigenvalue weighted by molar-refractivity contribution is 1.13. The number of fused-ring (bicyclic) bond motifs is 3. The van der Waals surface area contributed by atoms with Crippen molar-refractivity contribution in [2.45, 2.75) is 0 Å². The smallest absolute Gasteiger partial charge is 0.160 e. The van der Waals surface area contributed by atoms with Crippen molar-refractivity contribution in [3.63, 3.8) is 0 Å². The summed E-state index contributed by atoms with van der Waals surface area (Å²) < 4.78 is 2.19. The van der Waals surface area contributed by atoms with Gasteiger partial charge in [0, 0.05) is 45.2 Å². The lowest BCUT2D eigenvalue weighted by Gasteiger charge is -2.13. The lowest BCUT2D eigenvalue weighted by Crippen LogP contribution is -2.01. The molecule has 2 aromatic heterocycles. The molecule has 46 heavy (non-hydrogen) atoms. The van der Waals surface area contributed by atoms with Crippen molar-refractivity contribution < 1.29 is 0 Å². The molecule has 0 saturated carbocycles. The quantitative estimate of drug-likeness (QED) is 0.130. The molecule has 0 aliphatic heterocycles. The predicted octanol–water partition coefficient (Wildman–Crippen LogP) is 10.0. The van der Waals surface area contributed by atoms with Crippen LogP contribution in [-0.2, 0) is 0 Å². The molecule has 0 unspecified atom stereocenters. The molecule has 0 bridgehead atoms. The number of rotatable bonds is 9. The van der Waals surface area contributed by atoms with Crippen LogP contribution < -0.4 is 5.32 Å². The number of hydrogen-bond acceptors (Lipinski definition) is 4. The van der Waals surface area contributed by atoms with Gasteiger partial charge in [-0.05, 0) is 42.5 Å². The molecular weight excluding hydrogens is 562 g/mol. The number of nitrogens with zero attached hydrogens (tertiary/aromatic N) is 3. The predicted molar refractivity (Wildman–Crippen MR) is 191 cm³/mol. The van der Waals surface area contributed by atoms with Crippen LogP contribution in [0.3, 0.4) is 0 Å². The van der Waals surface area contributed by atoms with Gasteiger partial charge in [-0.25, -0.2) is 9.97 Å². The van der Waals surface area contributed by atoms with E-state index in [-0.39, 0.29) is 0 Å². The Labute approximate surface area is 268 Å². The van der Waals surface area contributed by atoms with Crippen LogP contribution >= 0.6 is 0 Å². The summed E-state index contributed by atoms with van der Waals surface area (Å²) >= 11 is 0. The van der Waals surface area contributed by atoms with Gasteiger partial charge >= 0.3 is 0 Å². The molecule has 5 heteroatoms. The van der Waals surface area contributed by atoms with Crippen molar-refractivity contribution in [2.75, 3.05) is 5.32 Å². The van der Waals surface area contributed by atoms with E-state index in [4.69, 9.17) is 15.4 Å². The van der Waals surface area contributed by atoms with E-state index in [1.165, 1.54) is 6.21 Å². The van der Waals surface area contributed by atoms with Gasteiger partial charge in [-0.3, -0.25) is 0 Å². The molecule has 0 spiro atoms. The molecule has 0 saturated heterocycles. The topological polar surface area (TPSA) is 66.6 Å². The first-order chi connectivity index (χ1) is 22.7. The van der Waals surface area contributed by atoms with Gasteiger partial charge in [0.25, 0.3) is 0 Å². The second kappa shape index (κ2) is 12.2. The molecule has 218 valence electrons. The highest BCUT2D eigenvalue weighted by molar-refractivity contribution is 6.15. The van der Waals surface area contributed by atoms with Crippen LogP contribution in [0.5, 0.6) is 0 Å². The Balaban J connectivity index is 1.38. The summed E-state index contributed by atoms with van der Waals surface area (Å²) in [5.41, 5.74) is 9.59. The maximum Gasteiger partial charge on any atom is 0.160 e. The second-order valence-electron chi connectivity index (χ2n) is 10.7. The van der Waals surface area contributed by atoms with Crippen molar-refractivity contribution in [1.82, 2.24) is 14.5 Å². The van der Waals surface area contributed by atoms with E-state index in [1.807, 2.05) is 84.9 Å². The Hall–Kier alpha value is -6.51. The Morgan fingerprint density at radius 2 is 1.41 bits per heavy atom. The fourth-order valence-corrected chi connectivity index (χ4v) is 5.73. The van der Waals surface area contributed by atoms with Crippen molar-refractivity contribution in [3.8, 4) is 28.2 Å². The fraction of sp³-hybridized carbons (Fsp3) is 0. The van der Waals surface area contributed by atoms with Crippen LogP contribution in [0.15, 0.2) is 147 Å². The minimum Gasteiger partial charge on any atom is -0.348 e. The van der Waals surface area contributed by atoms with Gasteiger partial charge in [0.05, 0.1) is 27.8 Å². The highest BCUT2D eigenvalue weighted by Gasteiger charge is 2.18. The van der Waals surface area contributed by atoms with Gasteiger partial charge in [0.2, 0.25) is 0 Å². The molecule has 2 heterocycles. The van der Waals surface area contributed by atoms with Crippen LogP contribution in [0.4, 0.5) is 11.4 Å². The molecule has 7 rings (SSSR count). The average molecular weight is 592 g/mol. The van der Waals surface area contributed by atoms with Gasteiger partial charge in [-0.1, -0.05) is 116 Å². The molecule has 5 nitrogen and oxygen atoms in total. The van der Waals surface area contributed by atoms with Crippen LogP contribution in [0.25, 0.3) is 55.6 Å². The molecule has 0 amide bonds. The molecular formula is C41H29N5. The minimum absolute atomic E-state index is 0.582. The Bertz CT molecular complexity index is 2260. The first-order valence-electron chi connectivity index (χ1n) is 14.9. The zero-order valence-electron chi connectivity index (χ0n) is 25.0. The summed E-state index contributed by atoms with van der Waals surface area (Å²) in [6.07, 6.45) is 6.72. The number of allylic oxidation sites excluding steroid dienone is 4. The third-order valence-corrected chi connectivity index (χ3v) is 7.89. The minimum atomic E-state index is 0.582. The summed E-state index contributed by atoms with van der Waals surface area (Å²) in [5, 5.41) is 13.9. The molecule has 0 aliphatic rings. The van der Waals surface area contributed by atoms with Crippen molar-refractivity contribution in [1.29, 1.82) is 5.41 Å². The van der Waals surface area contributed by atoms with E-state index < -0.39 is 0 Å². The molecule has 0 radical (unpaired) electrons. The number of nitrogens with one attached hydrogen (secondary N) is 2. The lowest BCUT2D eigenvalue weighted by atomic mass is 10.1. The number of benzene rings is 4. The summed E-state index contributed by atoms with van der Waals surface area (Å²) in [7, 11) is 0. The van der Waals surface area contributed by atoms with E-state index in [2.05, 4.69) is 71.6 Å². The monoisotopic (exact) mass is 591 g/mol. The summed E-state index contributed by atoms with van der Waals surface area (Å²) in [6.45, 7) is 7.82. The first kappa shape index (κ1) is 28.3. The van der Waals surface area contributed by atoms with Gasteiger partial charge in [-0.2, -0.15) is 0 Å². The van der Waals surface area contributed by atoms with E-state index in [0.717, 1.165) is 66.8 Å². The second-order valence-corrected chi connectivity index (χ2v) is 10.7.